The molecule has 0 saturated carbocycles. The molecule has 0 fully saturated rings. The summed E-state index contributed by atoms with van der Waals surface area (Å²) in [5.41, 5.74) is 0.813. The lowest BCUT2D eigenvalue weighted by atomic mass is 10.2. The predicted octanol–water partition coefficient (Wildman–Crippen LogP) is 4.21. The number of halogens is 2. The standard InChI is InChI=1S/C20H24BrClN4O4S/c1-4-10-31(28,29)25-20(27)17-7-9-19(24-23-17)26(5-2)12-15-11-16(21)6-8-18(15)30-13-14(3)22/h6-9,11,13H,4-5,10,12H2,1-3H3,(H,25,27)/b14-13+. The van der Waals surface area contributed by atoms with E-state index in [2.05, 4.69) is 26.1 Å². The first-order valence-corrected chi connectivity index (χ1v) is 12.4. The third-order valence-corrected chi connectivity index (χ3v) is 6.07. The number of benzene rings is 1. The van der Waals surface area contributed by atoms with Crippen molar-refractivity contribution >= 4 is 49.3 Å². The quantitative estimate of drug-likeness (QED) is 0.458. The summed E-state index contributed by atoms with van der Waals surface area (Å²) < 4.78 is 32.1. The van der Waals surface area contributed by atoms with E-state index in [0.29, 0.717) is 36.1 Å². The summed E-state index contributed by atoms with van der Waals surface area (Å²) >= 11 is 9.33. The summed E-state index contributed by atoms with van der Waals surface area (Å²) in [5, 5.41) is 8.52. The number of nitrogens with zero attached hydrogens (tertiary/aromatic N) is 3. The number of sulfonamides is 1. The molecule has 0 aliphatic heterocycles. The zero-order valence-electron chi connectivity index (χ0n) is 17.4. The van der Waals surface area contributed by atoms with Crippen molar-refractivity contribution in [1.29, 1.82) is 0 Å². The molecule has 11 heteroatoms. The van der Waals surface area contributed by atoms with Gasteiger partial charge in [0.25, 0.3) is 5.91 Å². The molecular formula is C20H24BrClN4O4S. The Hall–Kier alpha value is -2.17. The fourth-order valence-electron chi connectivity index (χ4n) is 2.62. The second-order valence-corrected chi connectivity index (χ2v) is 9.97. The average molecular weight is 532 g/mol. The molecule has 1 heterocycles. The number of allylic oxidation sites excluding steroid dienone is 1. The van der Waals surface area contributed by atoms with Gasteiger partial charge in [-0.1, -0.05) is 34.5 Å². The zero-order valence-corrected chi connectivity index (χ0v) is 20.6. The number of aromatic nitrogens is 2. The topological polar surface area (TPSA) is 101 Å². The van der Waals surface area contributed by atoms with E-state index >= 15 is 0 Å². The number of amides is 1. The molecule has 168 valence electrons. The maximum Gasteiger partial charge on any atom is 0.285 e. The monoisotopic (exact) mass is 530 g/mol. The minimum absolute atomic E-state index is 0.0753. The van der Waals surface area contributed by atoms with Crippen molar-refractivity contribution in [2.75, 3.05) is 17.2 Å². The molecule has 2 rings (SSSR count). The van der Waals surface area contributed by atoms with E-state index in [9.17, 15) is 13.2 Å². The molecule has 8 nitrogen and oxygen atoms in total. The van der Waals surface area contributed by atoms with Gasteiger partial charge in [0.2, 0.25) is 10.0 Å². The van der Waals surface area contributed by atoms with Crippen LogP contribution >= 0.6 is 27.5 Å². The largest absolute Gasteiger partial charge is 0.463 e. The first-order chi connectivity index (χ1) is 14.6. The Morgan fingerprint density at radius 1 is 1.26 bits per heavy atom. The molecule has 0 unspecified atom stereocenters. The van der Waals surface area contributed by atoms with Crippen LogP contribution in [0.25, 0.3) is 0 Å². The van der Waals surface area contributed by atoms with E-state index in [4.69, 9.17) is 16.3 Å². The number of nitrogens with one attached hydrogen (secondary N) is 1. The van der Waals surface area contributed by atoms with Crippen molar-refractivity contribution in [3.63, 3.8) is 0 Å². The van der Waals surface area contributed by atoms with Crippen molar-refractivity contribution in [3.05, 3.63) is 57.4 Å². The molecule has 0 radical (unpaired) electrons. The van der Waals surface area contributed by atoms with Crippen LogP contribution in [0.4, 0.5) is 5.82 Å². The average Bonchev–Trinajstić information content (AvgIpc) is 2.71. The highest BCUT2D eigenvalue weighted by Gasteiger charge is 2.18. The van der Waals surface area contributed by atoms with E-state index in [1.54, 1.807) is 19.9 Å². The third kappa shape index (κ3) is 7.79. The molecule has 0 spiro atoms. The van der Waals surface area contributed by atoms with Crippen LogP contribution in [0.1, 0.15) is 43.2 Å². The van der Waals surface area contributed by atoms with Gasteiger partial charge < -0.3 is 9.64 Å². The van der Waals surface area contributed by atoms with Crippen molar-refractivity contribution in [1.82, 2.24) is 14.9 Å². The second-order valence-electron chi connectivity index (χ2n) is 6.62. The Labute approximate surface area is 195 Å². The Kier molecular flexibility index (Phi) is 9.27. The number of ether oxygens (including phenoxy) is 1. The highest BCUT2D eigenvalue weighted by atomic mass is 79.9. The van der Waals surface area contributed by atoms with E-state index in [1.807, 2.05) is 34.7 Å². The lowest BCUT2D eigenvalue weighted by Crippen LogP contribution is -2.33. The van der Waals surface area contributed by atoms with E-state index in [1.165, 1.54) is 12.3 Å². The number of carbonyl (C=O) groups excluding carboxylic acids is 1. The summed E-state index contributed by atoms with van der Waals surface area (Å²) in [6, 6.07) is 8.70. The van der Waals surface area contributed by atoms with Crippen molar-refractivity contribution in [2.24, 2.45) is 0 Å². The fraction of sp³-hybridized carbons (Fsp3) is 0.350. The first-order valence-electron chi connectivity index (χ1n) is 9.56. The Balaban J connectivity index is 2.20. The van der Waals surface area contributed by atoms with Crippen LogP contribution in [0.3, 0.4) is 0 Å². The van der Waals surface area contributed by atoms with Crippen LogP contribution in [0.2, 0.25) is 0 Å². The zero-order chi connectivity index (χ0) is 23.0. The lowest BCUT2D eigenvalue weighted by molar-refractivity contribution is 0.0975. The van der Waals surface area contributed by atoms with Crippen molar-refractivity contribution in [2.45, 2.75) is 33.7 Å². The number of hydrogen-bond donors (Lipinski definition) is 1. The van der Waals surface area contributed by atoms with Crippen LogP contribution in [0, 0.1) is 0 Å². The molecule has 0 saturated heterocycles. The molecular weight excluding hydrogens is 508 g/mol. The second kappa shape index (κ2) is 11.4. The number of rotatable bonds is 10. The van der Waals surface area contributed by atoms with Gasteiger partial charge in [0.05, 0.1) is 10.8 Å². The maximum atomic E-state index is 12.1. The highest BCUT2D eigenvalue weighted by molar-refractivity contribution is 9.10. The molecule has 0 aliphatic rings. The third-order valence-electron chi connectivity index (χ3n) is 4.04. The Morgan fingerprint density at radius 3 is 2.58 bits per heavy atom. The summed E-state index contributed by atoms with van der Waals surface area (Å²) in [7, 11) is -3.68. The molecule has 1 amide bonds. The van der Waals surface area contributed by atoms with Crippen molar-refractivity contribution < 1.29 is 17.9 Å². The summed E-state index contributed by atoms with van der Waals surface area (Å²) in [4.78, 5) is 14.1. The van der Waals surface area contributed by atoms with Gasteiger partial charge in [-0.25, -0.2) is 13.1 Å². The summed E-state index contributed by atoms with van der Waals surface area (Å²) in [5.74, 6) is 0.238. The smallest absolute Gasteiger partial charge is 0.285 e. The first kappa shape index (κ1) is 25.1. The van der Waals surface area contributed by atoms with Crippen LogP contribution < -0.4 is 14.4 Å². The molecule has 31 heavy (non-hydrogen) atoms. The van der Waals surface area contributed by atoms with Gasteiger partial charge in [0.1, 0.15) is 12.0 Å². The maximum absolute atomic E-state index is 12.1. The van der Waals surface area contributed by atoms with Crippen LogP contribution in [-0.2, 0) is 16.6 Å². The SMILES string of the molecule is CCCS(=O)(=O)NC(=O)c1ccc(N(CC)Cc2cc(Br)ccc2O/C=C(\C)Cl)nn1. The van der Waals surface area contributed by atoms with Gasteiger partial charge in [-0.2, -0.15) is 0 Å². The van der Waals surface area contributed by atoms with E-state index in [0.717, 1.165) is 10.0 Å². The number of anilines is 1. The molecule has 0 atom stereocenters. The minimum Gasteiger partial charge on any atom is -0.463 e. The normalized spacial score (nSPS) is 11.8. The molecule has 1 aromatic carbocycles. The van der Waals surface area contributed by atoms with Gasteiger partial charge in [0.15, 0.2) is 11.5 Å². The van der Waals surface area contributed by atoms with Crippen LogP contribution in [-0.4, -0.2) is 36.8 Å². The van der Waals surface area contributed by atoms with Gasteiger partial charge >= 0.3 is 0 Å². The summed E-state index contributed by atoms with van der Waals surface area (Å²) in [6.07, 6.45) is 1.87. The van der Waals surface area contributed by atoms with Crippen LogP contribution in [0.15, 0.2) is 46.1 Å². The lowest BCUT2D eigenvalue weighted by Gasteiger charge is -2.23. The van der Waals surface area contributed by atoms with Gasteiger partial charge in [-0.3, -0.25) is 4.79 Å². The summed E-state index contributed by atoms with van der Waals surface area (Å²) in [6.45, 7) is 6.47. The van der Waals surface area contributed by atoms with Gasteiger partial charge in [-0.15, -0.1) is 10.2 Å². The predicted molar refractivity (Wildman–Crippen MR) is 125 cm³/mol. The molecule has 1 N–H and O–H groups in total. The molecule has 0 bridgehead atoms. The Bertz CT molecular complexity index is 1040. The minimum atomic E-state index is -3.68. The van der Waals surface area contributed by atoms with Crippen molar-refractivity contribution in [3.8, 4) is 5.75 Å². The highest BCUT2D eigenvalue weighted by Crippen LogP contribution is 2.26. The van der Waals surface area contributed by atoms with Gasteiger partial charge in [0, 0.05) is 23.1 Å². The fourth-order valence-corrected chi connectivity index (χ4v) is 4.10. The number of carbonyl (C=O) groups is 1. The number of hydrogen-bond acceptors (Lipinski definition) is 7. The Morgan fingerprint density at radius 2 is 2.00 bits per heavy atom. The van der Waals surface area contributed by atoms with E-state index < -0.39 is 15.9 Å². The van der Waals surface area contributed by atoms with E-state index in [-0.39, 0.29) is 11.4 Å². The molecule has 1 aromatic heterocycles. The molecule has 2 aromatic rings. The van der Waals surface area contributed by atoms with Gasteiger partial charge in [-0.05, 0) is 50.6 Å². The van der Waals surface area contributed by atoms with Crippen LogP contribution in [0.5, 0.6) is 5.75 Å². The molecule has 0 aliphatic carbocycles.